The van der Waals surface area contributed by atoms with E-state index >= 15 is 0 Å². The lowest BCUT2D eigenvalue weighted by molar-refractivity contribution is -0.142. The monoisotopic (exact) mass is 331 g/mol. The molecule has 1 fully saturated rings. The Kier molecular flexibility index (Phi) is 5.65. The highest BCUT2D eigenvalue weighted by molar-refractivity contribution is 5.81. The van der Waals surface area contributed by atoms with Gasteiger partial charge in [0.05, 0.1) is 0 Å². The van der Waals surface area contributed by atoms with E-state index in [4.69, 9.17) is 4.74 Å². The van der Waals surface area contributed by atoms with E-state index in [2.05, 4.69) is 0 Å². The molecule has 0 aliphatic carbocycles. The number of hydrogen-bond donors (Lipinski definition) is 1. The van der Waals surface area contributed by atoms with Gasteiger partial charge < -0.3 is 9.84 Å². The average molecular weight is 331 g/mol. The van der Waals surface area contributed by atoms with Crippen LogP contribution < -0.4 is 0 Å². The smallest absolute Gasteiger partial charge is 0.411 e. The fourth-order valence-corrected chi connectivity index (χ4v) is 2.81. The van der Waals surface area contributed by atoms with E-state index in [9.17, 15) is 14.7 Å². The molecule has 0 bridgehead atoms. The lowest BCUT2D eigenvalue weighted by Crippen LogP contribution is -2.43. The third kappa shape index (κ3) is 5.11. The van der Waals surface area contributed by atoms with Crippen molar-refractivity contribution in [1.82, 2.24) is 4.90 Å². The molecule has 130 valence electrons. The van der Waals surface area contributed by atoms with E-state index in [0.717, 1.165) is 12.0 Å². The highest BCUT2D eigenvalue weighted by atomic mass is 16.6. The van der Waals surface area contributed by atoms with Gasteiger partial charge in [-0.1, -0.05) is 42.5 Å². The van der Waals surface area contributed by atoms with Gasteiger partial charge in [-0.25, -0.2) is 9.59 Å². The van der Waals surface area contributed by atoms with Gasteiger partial charge in [0, 0.05) is 6.54 Å². The van der Waals surface area contributed by atoms with Crippen LogP contribution >= 0.6 is 0 Å². The predicted octanol–water partition coefficient (Wildman–Crippen LogP) is 3.80. The van der Waals surface area contributed by atoms with Gasteiger partial charge in [-0.3, -0.25) is 4.90 Å². The minimum atomic E-state index is -0.976. The van der Waals surface area contributed by atoms with E-state index in [0.29, 0.717) is 13.0 Å². The number of carboxylic acids is 1. The summed E-state index contributed by atoms with van der Waals surface area (Å²) in [6.07, 6.45) is 4.69. The molecular weight excluding hydrogens is 306 g/mol. The summed E-state index contributed by atoms with van der Waals surface area (Å²) in [5, 5.41) is 9.38. The summed E-state index contributed by atoms with van der Waals surface area (Å²) < 4.78 is 5.33. The zero-order chi connectivity index (χ0) is 17.7. The number of benzene rings is 1. The van der Waals surface area contributed by atoms with Crippen LogP contribution in [0.1, 0.15) is 39.2 Å². The highest BCUT2D eigenvalue weighted by Crippen LogP contribution is 2.28. The zero-order valence-electron chi connectivity index (χ0n) is 14.4. The number of carbonyl (C=O) groups excluding carboxylic acids is 1. The normalized spacial score (nSPS) is 21.2. The van der Waals surface area contributed by atoms with Crippen LogP contribution in [-0.4, -0.2) is 40.3 Å². The number of ether oxygens (including phenoxy) is 1. The van der Waals surface area contributed by atoms with Crippen LogP contribution in [0, 0.1) is 5.92 Å². The summed E-state index contributed by atoms with van der Waals surface area (Å²) in [7, 11) is 0. The van der Waals surface area contributed by atoms with Gasteiger partial charge in [-0.05, 0) is 45.1 Å². The summed E-state index contributed by atoms with van der Waals surface area (Å²) in [5.41, 5.74) is 0.472. The van der Waals surface area contributed by atoms with Crippen LogP contribution in [0.15, 0.2) is 36.4 Å². The standard InChI is InChI=1S/C19H25NO4/c1-19(2,3)24-18(23)20-13-15(12-16(20)17(21)22)11-7-10-14-8-5-4-6-9-14/h4-10,15-16H,11-13H2,1-3H3,(H,21,22)/t15-,16+/m1/s1. The number of amides is 1. The summed E-state index contributed by atoms with van der Waals surface area (Å²) in [5.74, 6) is -0.853. The molecule has 2 rings (SSSR count). The Balaban J connectivity index is 1.98. The molecule has 1 aliphatic rings. The molecule has 24 heavy (non-hydrogen) atoms. The summed E-state index contributed by atoms with van der Waals surface area (Å²) in [6.45, 7) is 5.73. The third-order valence-corrected chi connectivity index (χ3v) is 3.88. The Labute approximate surface area is 142 Å². The van der Waals surface area contributed by atoms with Gasteiger partial charge in [0.2, 0.25) is 0 Å². The van der Waals surface area contributed by atoms with Crippen molar-refractivity contribution in [3.8, 4) is 0 Å². The van der Waals surface area contributed by atoms with Gasteiger partial charge in [0.1, 0.15) is 11.6 Å². The van der Waals surface area contributed by atoms with Crippen molar-refractivity contribution in [2.24, 2.45) is 5.92 Å². The highest BCUT2D eigenvalue weighted by Gasteiger charge is 2.40. The van der Waals surface area contributed by atoms with Crippen molar-refractivity contribution in [2.75, 3.05) is 6.54 Å². The molecule has 2 atom stereocenters. The molecule has 5 nitrogen and oxygen atoms in total. The van der Waals surface area contributed by atoms with Crippen molar-refractivity contribution < 1.29 is 19.4 Å². The largest absolute Gasteiger partial charge is 0.480 e. The second-order valence-electron chi connectivity index (χ2n) is 7.14. The molecule has 0 spiro atoms. The van der Waals surface area contributed by atoms with Crippen LogP contribution in [0.2, 0.25) is 0 Å². The van der Waals surface area contributed by atoms with Gasteiger partial charge >= 0.3 is 12.1 Å². The Morgan fingerprint density at radius 1 is 1.29 bits per heavy atom. The minimum Gasteiger partial charge on any atom is -0.480 e. The van der Waals surface area contributed by atoms with Crippen LogP contribution in [0.3, 0.4) is 0 Å². The van der Waals surface area contributed by atoms with E-state index < -0.39 is 23.7 Å². The van der Waals surface area contributed by atoms with Crippen LogP contribution in [-0.2, 0) is 9.53 Å². The molecule has 0 saturated carbocycles. The maximum Gasteiger partial charge on any atom is 0.411 e. The van der Waals surface area contributed by atoms with Crippen molar-refractivity contribution in [3.05, 3.63) is 42.0 Å². The van der Waals surface area contributed by atoms with Gasteiger partial charge in [-0.2, -0.15) is 0 Å². The van der Waals surface area contributed by atoms with E-state index in [1.807, 2.05) is 42.5 Å². The predicted molar refractivity (Wildman–Crippen MR) is 92.6 cm³/mol. The topological polar surface area (TPSA) is 66.8 Å². The van der Waals surface area contributed by atoms with Crippen LogP contribution in [0.4, 0.5) is 4.79 Å². The second kappa shape index (κ2) is 7.51. The number of hydrogen-bond acceptors (Lipinski definition) is 3. The number of aliphatic carboxylic acids is 1. The lowest BCUT2D eigenvalue weighted by atomic mass is 10.0. The number of likely N-dealkylation sites (tertiary alicyclic amines) is 1. The van der Waals surface area contributed by atoms with E-state index in [1.165, 1.54) is 4.90 Å². The number of allylic oxidation sites excluding steroid dienone is 1. The number of carboxylic acid groups (broad SMARTS) is 1. The SMILES string of the molecule is CC(C)(C)OC(=O)N1C[C@H](CC=Cc2ccccc2)C[C@H]1C(=O)O. The molecule has 1 aromatic carbocycles. The number of rotatable bonds is 4. The van der Waals surface area contributed by atoms with Crippen molar-refractivity contribution in [2.45, 2.75) is 45.3 Å². The first-order valence-corrected chi connectivity index (χ1v) is 8.20. The molecule has 1 N–H and O–H groups in total. The second-order valence-corrected chi connectivity index (χ2v) is 7.14. The molecule has 1 heterocycles. The molecule has 1 aliphatic heterocycles. The number of carbonyl (C=O) groups is 2. The third-order valence-electron chi connectivity index (χ3n) is 3.88. The Hall–Kier alpha value is -2.30. The first kappa shape index (κ1) is 18.0. The molecule has 0 radical (unpaired) electrons. The molecular formula is C19H25NO4. The zero-order valence-corrected chi connectivity index (χ0v) is 14.4. The maximum atomic E-state index is 12.2. The quantitative estimate of drug-likeness (QED) is 0.911. The van der Waals surface area contributed by atoms with Gasteiger partial charge in [0.25, 0.3) is 0 Å². The van der Waals surface area contributed by atoms with Crippen LogP contribution in [0.5, 0.6) is 0 Å². The molecule has 1 amide bonds. The number of nitrogens with zero attached hydrogens (tertiary/aromatic N) is 1. The van der Waals surface area contributed by atoms with E-state index in [1.54, 1.807) is 20.8 Å². The summed E-state index contributed by atoms with van der Waals surface area (Å²) in [6, 6.07) is 9.12. The first-order chi connectivity index (χ1) is 11.3. The summed E-state index contributed by atoms with van der Waals surface area (Å²) >= 11 is 0. The minimum absolute atomic E-state index is 0.124. The first-order valence-electron chi connectivity index (χ1n) is 8.20. The van der Waals surface area contributed by atoms with Crippen molar-refractivity contribution >= 4 is 18.1 Å². The summed E-state index contributed by atoms with van der Waals surface area (Å²) in [4.78, 5) is 25.0. The average Bonchev–Trinajstić information content (AvgIpc) is 2.91. The van der Waals surface area contributed by atoms with Gasteiger partial charge in [0.15, 0.2) is 0 Å². The molecule has 0 aromatic heterocycles. The van der Waals surface area contributed by atoms with Crippen LogP contribution in [0.25, 0.3) is 6.08 Å². The van der Waals surface area contributed by atoms with Gasteiger partial charge in [-0.15, -0.1) is 0 Å². The lowest BCUT2D eigenvalue weighted by Gasteiger charge is -2.26. The molecule has 5 heteroatoms. The molecule has 0 unspecified atom stereocenters. The Morgan fingerprint density at radius 3 is 2.54 bits per heavy atom. The van der Waals surface area contributed by atoms with Crippen molar-refractivity contribution in [3.63, 3.8) is 0 Å². The van der Waals surface area contributed by atoms with E-state index in [-0.39, 0.29) is 5.92 Å². The fraction of sp³-hybridized carbons (Fsp3) is 0.474. The Bertz CT molecular complexity index is 604. The molecule has 1 aromatic rings. The fourth-order valence-electron chi connectivity index (χ4n) is 2.81. The molecule has 1 saturated heterocycles. The van der Waals surface area contributed by atoms with Crippen molar-refractivity contribution in [1.29, 1.82) is 0 Å². The maximum absolute atomic E-state index is 12.2. The Morgan fingerprint density at radius 2 is 1.96 bits per heavy atom.